The Morgan fingerprint density at radius 3 is 2.77 bits per heavy atom. The van der Waals surface area contributed by atoms with Crippen LogP contribution >= 0.6 is 46.3 Å². The van der Waals surface area contributed by atoms with Gasteiger partial charge in [-0.15, -0.1) is 11.3 Å². The number of carbonyl (C=O) groups is 1. The smallest absolute Gasteiger partial charge is 0.248 e. The third-order valence-electron chi connectivity index (χ3n) is 3.15. The Morgan fingerprint density at radius 2 is 2.14 bits per heavy atom. The monoisotopic (exact) mass is 371 g/mol. The van der Waals surface area contributed by atoms with Crippen molar-refractivity contribution in [3.05, 3.63) is 44.9 Å². The van der Waals surface area contributed by atoms with Gasteiger partial charge in [-0.05, 0) is 24.6 Å². The van der Waals surface area contributed by atoms with E-state index in [1.54, 1.807) is 19.2 Å². The van der Waals surface area contributed by atoms with Gasteiger partial charge < -0.3 is 0 Å². The van der Waals surface area contributed by atoms with Crippen LogP contribution in [0.15, 0.2) is 24.4 Å². The number of hydrogen-bond donors (Lipinski definition) is 1. The number of thioether (sulfide) groups is 1. The summed E-state index contributed by atoms with van der Waals surface area (Å²) in [6, 6.07) is 5.50. The molecule has 3 rings (SSSR count). The molecule has 0 bridgehead atoms. The lowest BCUT2D eigenvalue weighted by atomic mass is 10.1. The average Bonchev–Trinajstić information content (AvgIpc) is 3.00. The van der Waals surface area contributed by atoms with Crippen LogP contribution in [0.1, 0.15) is 17.4 Å². The molecule has 0 aliphatic carbocycles. The molecule has 1 aliphatic heterocycles. The minimum atomic E-state index is -0.227. The summed E-state index contributed by atoms with van der Waals surface area (Å²) in [6.45, 7) is 1.80. The van der Waals surface area contributed by atoms with Crippen LogP contribution in [0.2, 0.25) is 10.0 Å². The largest absolute Gasteiger partial charge is 0.278 e. The molecule has 1 aliphatic rings. The predicted molar refractivity (Wildman–Crippen MR) is 93.6 cm³/mol. The maximum Gasteiger partial charge on any atom is 0.248 e. The van der Waals surface area contributed by atoms with Crippen LogP contribution in [0.4, 0.5) is 5.13 Å². The van der Waals surface area contributed by atoms with Crippen LogP contribution in [0.25, 0.3) is 0 Å². The summed E-state index contributed by atoms with van der Waals surface area (Å²) in [4.78, 5) is 18.7. The fourth-order valence-corrected chi connectivity index (χ4v) is 4.22. The van der Waals surface area contributed by atoms with Crippen LogP contribution in [-0.2, 0) is 11.2 Å². The van der Waals surface area contributed by atoms with Gasteiger partial charge >= 0.3 is 0 Å². The Kier molecular flexibility index (Phi) is 4.45. The van der Waals surface area contributed by atoms with Gasteiger partial charge in [0, 0.05) is 17.5 Å². The Hall–Kier alpha value is -1.08. The van der Waals surface area contributed by atoms with Crippen molar-refractivity contribution in [2.75, 3.05) is 4.90 Å². The summed E-state index contributed by atoms with van der Waals surface area (Å²) in [5.41, 5.74) is 1.02. The van der Waals surface area contributed by atoms with E-state index >= 15 is 0 Å². The summed E-state index contributed by atoms with van der Waals surface area (Å²) in [5, 5.41) is 9.48. The molecule has 0 spiro atoms. The third-order valence-corrected chi connectivity index (χ3v) is 5.84. The topological polar surface area (TPSA) is 57.1 Å². The molecule has 0 saturated carbocycles. The zero-order valence-corrected chi connectivity index (χ0v) is 14.6. The fraction of sp³-hybridized carbons (Fsp3) is 0.214. The average molecular weight is 372 g/mol. The van der Waals surface area contributed by atoms with Crippen molar-refractivity contribution in [2.24, 2.45) is 0 Å². The van der Waals surface area contributed by atoms with Gasteiger partial charge in [0.15, 0.2) is 10.3 Å². The highest BCUT2D eigenvalue weighted by atomic mass is 35.5. The summed E-state index contributed by atoms with van der Waals surface area (Å²) in [7, 11) is 0. The van der Waals surface area contributed by atoms with Crippen LogP contribution in [0, 0.1) is 5.41 Å². The van der Waals surface area contributed by atoms with Gasteiger partial charge in [0.1, 0.15) is 0 Å². The van der Waals surface area contributed by atoms with E-state index < -0.39 is 0 Å². The number of amides is 1. The first kappa shape index (κ1) is 15.8. The molecular formula is C14H11Cl2N3OS2. The van der Waals surface area contributed by atoms with Gasteiger partial charge in [0.25, 0.3) is 0 Å². The second-order valence-corrected chi connectivity index (χ2v) is 8.01. The van der Waals surface area contributed by atoms with Crippen molar-refractivity contribution in [2.45, 2.75) is 18.6 Å². The minimum absolute atomic E-state index is 0.0922. The Bertz CT molecular complexity index is 762. The van der Waals surface area contributed by atoms with Crippen molar-refractivity contribution < 1.29 is 4.79 Å². The molecule has 2 heterocycles. The number of thiazole rings is 1. The van der Waals surface area contributed by atoms with Crippen LogP contribution in [-0.4, -0.2) is 21.3 Å². The fourth-order valence-electron chi connectivity index (χ4n) is 2.07. The predicted octanol–water partition coefficient (Wildman–Crippen LogP) is 4.44. The lowest BCUT2D eigenvalue weighted by molar-refractivity contribution is -0.116. The lowest BCUT2D eigenvalue weighted by Crippen LogP contribution is -2.30. The van der Waals surface area contributed by atoms with E-state index in [9.17, 15) is 4.79 Å². The van der Waals surface area contributed by atoms with Crippen molar-refractivity contribution in [3.63, 3.8) is 0 Å². The summed E-state index contributed by atoms with van der Waals surface area (Å²) >= 11 is 14.6. The number of amidine groups is 1. The van der Waals surface area contributed by atoms with Crippen LogP contribution in [0.5, 0.6) is 0 Å². The quantitative estimate of drug-likeness (QED) is 0.866. The van der Waals surface area contributed by atoms with E-state index in [1.807, 2.05) is 12.1 Å². The molecule has 0 unspecified atom stereocenters. The Morgan fingerprint density at radius 1 is 1.36 bits per heavy atom. The molecule has 2 aromatic rings. The molecule has 8 heteroatoms. The number of rotatable bonds is 3. The number of hydrogen-bond acceptors (Lipinski definition) is 5. The number of nitrogens with one attached hydrogen (secondary N) is 1. The van der Waals surface area contributed by atoms with Crippen molar-refractivity contribution in [1.82, 2.24) is 4.98 Å². The maximum atomic E-state index is 12.1. The molecule has 22 heavy (non-hydrogen) atoms. The van der Waals surface area contributed by atoms with Gasteiger partial charge in [-0.3, -0.25) is 10.2 Å². The van der Waals surface area contributed by atoms with Gasteiger partial charge in [-0.1, -0.05) is 41.0 Å². The van der Waals surface area contributed by atoms with Crippen molar-refractivity contribution in [3.8, 4) is 0 Å². The first-order valence-corrected chi connectivity index (χ1v) is 8.88. The van der Waals surface area contributed by atoms with Crippen molar-refractivity contribution in [1.29, 1.82) is 5.41 Å². The second-order valence-electron chi connectivity index (χ2n) is 4.77. The van der Waals surface area contributed by atoms with E-state index in [4.69, 9.17) is 28.6 Å². The SMILES string of the molecule is C[C@H]1SC(=N)N(c2ncc(Cc3ccc(Cl)c(Cl)c3)s2)C1=O. The molecule has 1 amide bonds. The van der Waals surface area contributed by atoms with E-state index in [2.05, 4.69) is 4.98 Å². The van der Waals surface area contributed by atoms with Crippen LogP contribution in [0.3, 0.4) is 0 Å². The standard InChI is InChI=1S/C14H11Cl2N3OS2/c1-7-12(20)19(13(17)21-7)14-18-6-9(22-14)4-8-2-3-10(15)11(16)5-8/h2-3,5-7,17H,4H2,1H3/t7-/m1/s1. The highest BCUT2D eigenvalue weighted by Crippen LogP contribution is 2.34. The first-order chi connectivity index (χ1) is 10.5. The molecule has 114 valence electrons. The highest BCUT2D eigenvalue weighted by Gasteiger charge is 2.36. The number of aromatic nitrogens is 1. The van der Waals surface area contributed by atoms with E-state index in [-0.39, 0.29) is 16.3 Å². The van der Waals surface area contributed by atoms with Gasteiger partial charge in [-0.25, -0.2) is 9.88 Å². The number of halogens is 2. The number of anilines is 1. The lowest BCUT2D eigenvalue weighted by Gasteiger charge is -2.10. The molecular weight excluding hydrogens is 361 g/mol. The summed E-state index contributed by atoms with van der Waals surface area (Å²) in [6.07, 6.45) is 2.39. The van der Waals surface area contributed by atoms with Crippen LogP contribution < -0.4 is 4.90 Å². The highest BCUT2D eigenvalue weighted by molar-refractivity contribution is 8.16. The van der Waals surface area contributed by atoms with E-state index in [0.717, 1.165) is 10.4 Å². The normalized spacial score (nSPS) is 18.3. The minimum Gasteiger partial charge on any atom is -0.278 e. The van der Waals surface area contributed by atoms with Gasteiger partial charge in [-0.2, -0.15) is 0 Å². The van der Waals surface area contributed by atoms with Crippen molar-refractivity contribution >= 4 is 62.5 Å². The number of carbonyl (C=O) groups excluding carboxylic acids is 1. The molecule has 1 aromatic heterocycles. The molecule has 1 aromatic carbocycles. The third kappa shape index (κ3) is 3.01. The molecule has 1 atom stereocenters. The van der Waals surface area contributed by atoms with E-state index in [1.165, 1.54) is 28.0 Å². The molecule has 1 N–H and O–H groups in total. The second kappa shape index (κ2) is 6.20. The maximum absolute atomic E-state index is 12.1. The Balaban J connectivity index is 1.80. The van der Waals surface area contributed by atoms with Gasteiger partial charge in [0.05, 0.1) is 15.3 Å². The Labute approximate surface area is 146 Å². The van der Waals surface area contributed by atoms with Gasteiger partial charge in [0.2, 0.25) is 5.91 Å². The molecule has 0 radical (unpaired) electrons. The molecule has 4 nitrogen and oxygen atoms in total. The zero-order valence-electron chi connectivity index (χ0n) is 11.5. The molecule has 1 saturated heterocycles. The first-order valence-electron chi connectivity index (χ1n) is 6.43. The number of benzene rings is 1. The zero-order chi connectivity index (χ0) is 15.9. The summed E-state index contributed by atoms with van der Waals surface area (Å²) < 4.78 is 0. The number of nitrogens with zero attached hydrogens (tertiary/aromatic N) is 2. The van der Waals surface area contributed by atoms with E-state index in [0.29, 0.717) is 21.6 Å². The summed E-state index contributed by atoms with van der Waals surface area (Å²) in [5.74, 6) is -0.0922. The molecule has 1 fully saturated rings.